The molecule has 0 aliphatic carbocycles. The van der Waals surface area contributed by atoms with Crippen LogP contribution in [0.15, 0.2) is 24.3 Å². The average Bonchev–Trinajstić information content (AvgIpc) is 2.75. The number of nitrogens with two attached hydrogens (primary N) is 1. The highest BCUT2D eigenvalue weighted by Gasteiger charge is 2.42. The minimum atomic E-state index is -0.156. The third-order valence-corrected chi connectivity index (χ3v) is 5.16. The highest BCUT2D eigenvalue weighted by atomic mass is 32.2. The summed E-state index contributed by atoms with van der Waals surface area (Å²) >= 11 is 1.93. The Bertz CT molecular complexity index is 413. The number of thioether (sulfide) groups is 1. The zero-order chi connectivity index (χ0) is 13.2. The largest absolute Gasteiger partial charge is 0.362 e. The van der Waals surface area contributed by atoms with E-state index in [1.54, 1.807) is 6.07 Å². The lowest BCUT2D eigenvalue weighted by Gasteiger charge is -2.41. The van der Waals surface area contributed by atoms with Crippen molar-refractivity contribution in [3.63, 3.8) is 0 Å². The van der Waals surface area contributed by atoms with Gasteiger partial charge in [0.15, 0.2) is 0 Å². The van der Waals surface area contributed by atoms with E-state index in [9.17, 15) is 4.39 Å². The molecule has 1 aromatic carbocycles. The molecule has 2 N–H and O–H groups in total. The molecule has 0 spiro atoms. The summed E-state index contributed by atoms with van der Waals surface area (Å²) in [6.45, 7) is 5.65. The van der Waals surface area contributed by atoms with Gasteiger partial charge < -0.3 is 10.6 Å². The topological polar surface area (TPSA) is 29.3 Å². The van der Waals surface area contributed by atoms with Crippen molar-refractivity contribution in [2.24, 2.45) is 5.73 Å². The van der Waals surface area contributed by atoms with Gasteiger partial charge in [0.05, 0.1) is 11.2 Å². The van der Waals surface area contributed by atoms with Crippen LogP contribution in [0.25, 0.3) is 0 Å². The van der Waals surface area contributed by atoms with E-state index in [1.807, 2.05) is 23.9 Å². The summed E-state index contributed by atoms with van der Waals surface area (Å²) in [5.74, 6) is 0.823. The minimum Gasteiger partial charge on any atom is -0.362 e. The normalized spacial score (nSPS) is 27.4. The number of benzene rings is 1. The first-order valence-corrected chi connectivity index (χ1v) is 7.51. The van der Waals surface area contributed by atoms with Gasteiger partial charge in [-0.25, -0.2) is 4.39 Å². The first kappa shape index (κ1) is 13.7. The maximum absolute atomic E-state index is 14.0. The second-order valence-electron chi connectivity index (χ2n) is 4.95. The Morgan fingerprint density at radius 2 is 2.22 bits per heavy atom. The number of rotatable bonds is 4. The first-order valence-electron chi connectivity index (χ1n) is 6.47. The van der Waals surface area contributed by atoms with Gasteiger partial charge in [-0.2, -0.15) is 11.8 Å². The van der Waals surface area contributed by atoms with Crippen LogP contribution in [0, 0.1) is 5.82 Å². The van der Waals surface area contributed by atoms with Crippen molar-refractivity contribution < 1.29 is 4.39 Å². The van der Waals surface area contributed by atoms with E-state index in [0.29, 0.717) is 17.5 Å². The summed E-state index contributed by atoms with van der Waals surface area (Å²) in [5, 5.41) is 0.592. The van der Waals surface area contributed by atoms with Gasteiger partial charge in [0, 0.05) is 24.1 Å². The fourth-order valence-electron chi connectivity index (χ4n) is 2.82. The van der Waals surface area contributed by atoms with Crippen LogP contribution < -0.4 is 10.6 Å². The van der Waals surface area contributed by atoms with Gasteiger partial charge in [0.25, 0.3) is 0 Å². The van der Waals surface area contributed by atoms with E-state index in [4.69, 9.17) is 5.73 Å². The zero-order valence-electron chi connectivity index (χ0n) is 11.0. The Kier molecular flexibility index (Phi) is 4.17. The summed E-state index contributed by atoms with van der Waals surface area (Å²) < 4.78 is 14.0. The molecule has 100 valence electrons. The van der Waals surface area contributed by atoms with Crippen LogP contribution in [-0.4, -0.2) is 29.6 Å². The monoisotopic (exact) mass is 268 g/mol. The van der Waals surface area contributed by atoms with E-state index in [1.165, 1.54) is 6.07 Å². The number of para-hydroxylation sites is 1. The van der Waals surface area contributed by atoms with Crippen LogP contribution in [0.2, 0.25) is 0 Å². The number of likely N-dealkylation sites (N-methyl/N-ethyl adjacent to an activating group) is 1. The van der Waals surface area contributed by atoms with Crippen LogP contribution in [0.1, 0.15) is 20.3 Å². The van der Waals surface area contributed by atoms with E-state index in [2.05, 4.69) is 18.7 Å². The van der Waals surface area contributed by atoms with Crippen LogP contribution >= 0.6 is 11.8 Å². The number of hydrogen-bond donors (Lipinski definition) is 1. The lowest BCUT2D eigenvalue weighted by molar-refractivity contribution is 0.424. The van der Waals surface area contributed by atoms with Crippen molar-refractivity contribution in [3.05, 3.63) is 30.1 Å². The summed E-state index contributed by atoms with van der Waals surface area (Å²) in [5.41, 5.74) is 6.60. The van der Waals surface area contributed by atoms with E-state index < -0.39 is 0 Å². The van der Waals surface area contributed by atoms with Gasteiger partial charge >= 0.3 is 0 Å². The number of anilines is 1. The van der Waals surface area contributed by atoms with Crippen molar-refractivity contribution in [1.29, 1.82) is 0 Å². The Morgan fingerprint density at radius 1 is 1.50 bits per heavy atom. The van der Waals surface area contributed by atoms with Crippen molar-refractivity contribution in [1.82, 2.24) is 0 Å². The molecule has 1 aliphatic heterocycles. The van der Waals surface area contributed by atoms with Crippen LogP contribution in [0.5, 0.6) is 0 Å². The second kappa shape index (κ2) is 5.49. The van der Waals surface area contributed by atoms with Crippen LogP contribution in [0.4, 0.5) is 10.1 Å². The van der Waals surface area contributed by atoms with Gasteiger partial charge in [-0.15, -0.1) is 0 Å². The molecule has 1 fully saturated rings. The quantitative estimate of drug-likeness (QED) is 0.910. The maximum atomic E-state index is 14.0. The fraction of sp³-hybridized carbons (Fsp3) is 0.571. The second-order valence-corrected chi connectivity index (χ2v) is 6.38. The molecule has 2 rings (SSSR count). The predicted molar refractivity (Wildman–Crippen MR) is 77.7 cm³/mol. The molecule has 2 nitrogen and oxygen atoms in total. The molecule has 1 aromatic rings. The van der Waals surface area contributed by atoms with Crippen molar-refractivity contribution in [2.45, 2.75) is 31.1 Å². The first-order chi connectivity index (χ1) is 8.63. The third-order valence-electron chi connectivity index (χ3n) is 3.72. The minimum absolute atomic E-state index is 0.0962. The highest BCUT2D eigenvalue weighted by molar-refractivity contribution is 8.00. The maximum Gasteiger partial charge on any atom is 0.146 e. The molecular formula is C14H21FN2S. The summed E-state index contributed by atoms with van der Waals surface area (Å²) in [4.78, 5) is 2.15. The van der Waals surface area contributed by atoms with Gasteiger partial charge in [-0.3, -0.25) is 0 Å². The standard InChI is InChI=1S/C14H21FN2S/c1-3-17(13-7-5-4-6-12(13)15)14(9-16)8-11(2)18-10-14/h4-7,11H,3,8-10,16H2,1-2H3. The fourth-order valence-corrected chi connectivity index (χ4v) is 4.24. The molecule has 18 heavy (non-hydrogen) atoms. The van der Waals surface area contributed by atoms with Crippen LogP contribution in [-0.2, 0) is 0 Å². The Labute approximate surface area is 113 Å². The van der Waals surface area contributed by atoms with E-state index in [-0.39, 0.29) is 11.4 Å². The van der Waals surface area contributed by atoms with E-state index >= 15 is 0 Å². The Balaban J connectivity index is 2.36. The van der Waals surface area contributed by atoms with Crippen molar-refractivity contribution >= 4 is 17.4 Å². The molecule has 0 bridgehead atoms. The summed E-state index contributed by atoms with van der Waals surface area (Å²) in [7, 11) is 0. The molecule has 0 saturated carbocycles. The molecule has 0 aromatic heterocycles. The Morgan fingerprint density at radius 3 is 2.72 bits per heavy atom. The molecule has 0 amide bonds. The number of halogens is 1. The van der Waals surface area contributed by atoms with E-state index in [0.717, 1.165) is 18.7 Å². The molecule has 2 unspecified atom stereocenters. The van der Waals surface area contributed by atoms with Crippen molar-refractivity contribution in [2.75, 3.05) is 23.7 Å². The van der Waals surface area contributed by atoms with Crippen LogP contribution in [0.3, 0.4) is 0 Å². The van der Waals surface area contributed by atoms with Crippen molar-refractivity contribution in [3.8, 4) is 0 Å². The molecule has 4 heteroatoms. The highest BCUT2D eigenvalue weighted by Crippen LogP contribution is 2.40. The Hall–Kier alpha value is -0.740. The lowest BCUT2D eigenvalue weighted by Crippen LogP contribution is -2.55. The van der Waals surface area contributed by atoms with Gasteiger partial charge in [-0.05, 0) is 25.5 Å². The third kappa shape index (κ3) is 2.36. The smallest absolute Gasteiger partial charge is 0.146 e. The van der Waals surface area contributed by atoms with Gasteiger partial charge in [0.1, 0.15) is 5.82 Å². The molecule has 0 radical (unpaired) electrons. The number of nitrogens with zero attached hydrogens (tertiary/aromatic N) is 1. The average molecular weight is 268 g/mol. The molecule has 1 heterocycles. The predicted octanol–water partition coefficient (Wildman–Crippen LogP) is 2.87. The zero-order valence-corrected chi connectivity index (χ0v) is 11.8. The van der Waals surface area contributed by atoms with Gasteiger partial charge in [0.2, 0.25) is 0 Å². The molecule has 2 atom stereocenters. The van der Waals surface area contributed by atoms with Gasteiger partial charge in [-0.1, -0.05) is 19.1 Å². The number of hydrogen-bond acceptors (Lipinski definition) is 3. The molecule has 1 aliphatic rings. The molecule has 1 saturated heterocycles. The molecular weight excluding hydrogens is 247 g/mol. The summed E-state index contributed by atoms with van der Waals surface area (Å²) in [6, 6.07) is 6.99. The lowest BCUT2D eigenvalue weighted by atomic mass is 9.93. The SMILES string of the molecule is CCN(c1ccccc1F)C1(CN)CSC(C)C1. The summed E-state index contributed by atoms with van der Waals surface area (Å²) in [6.07, 6.45) is 1.02.